The summed E-state index contributed by atoms with van der Waals surface area (Å²) in [6.45, 7) is 3.17. The van der Waals surface area contributed by atoms with Gasteiger partial charge in [0.05, 0.1) is 13.7 Å². The van der Waals surface area contributed by atoms with Gasteiger partial charge in [0.25, 0.3) is 5.91 Å². The van der Waals surface area contributed by atoms with E-state index in [1.165, 1.54) is 12.8 Å². The molecule has 1 saturated carbocycles. The Kier molecular flexibility index (Phi) is 5.07. The van der Waals surface area contributed by atoms with Crippen LogP contribution in [-0.4, -0.2) is 44.2 Å². The van der Waals surface area contributed by atoms with Gasteiger partial charge in [-0.25, -0.2) is 0 Å². The standard InChI is InChI=1S/C16H24N2O3/c1-11(12-7-8-12)18(9-10-20-2)16(19)15-13(17)5-4-6-14(15)21-3/h4-6,11-12H,7-10,17H2,1-3H3. The molecule has 1 aromatic carbocycles. The topological polar surface area (TPSA) is 64.8 Å². The smallest absolute Gasteiger partial charge is 0.260 e. The Labute approximate surface area is 126 Å². The van der Waals surface area contributed by atoms with E-state index in [-0.39, 0.29) is 11.9 Å². The van der Waals surface area contributed by atoms with E-state index in [0.29, 0.717) is 36.1 Å². The number of nitrogens with zero attached hydrogens (tertiary/aromatic N) is 1. The summed E-state index contributed by atoms with van der Waals surface area (Å²) in [5.74, 6) is 1.02. The monoisotopic (exact) mass is 292 g/mol. The van der Waals surface area contributed by atoms with E-state index in [1.807, 2.05) is 4.90 Å². The number of nitrogens with two attached hydrogens (primary N) is 1. The molecule has 0 aromatic heterocycles. The van der Waals surface area contributed by atoms with Gasteiger partial charge in [-0.1, -0.05) is 6.07 Å². The molecule has 1 unspecified atom stereocenters. The lowest BCUT2D eigenvalue weighted by atomic mass is 10.1. The first-order chi connectivity index (χ1) is 10.1. The van der Waals surface area contributed by atoms with E-state index in [0.717, 1.165) is 0 Å². The molecule has 0 spiro atoms. The van der Waals surface area contributed by atoms with Crippen LogP contribution in [0.15, 0.2) is 18.2 Å². The number of hydrogen-bond acceptors (Lipinski definition) is 4. The Bertz CT molecular complexity index is 500. The van der Waals surface area contributed by atoms with Gasteiger partial charge in [-0.3, -0.25) is 4.79 Å². The van der Waals surface area contributed by atoms with Crippen LogP contribution in [0, 0.1) is 5.92 Å². The highest BCUT2D eigenvalue weighted by molar-refractivity contribution is 6.02. The highest BCUT2D eigenvalue weighted by atomic mass is 16.5. The largest absolute Gasteiger partial charge is 0.496 e. The first-order valence-corrected chi connectivity index (χ1v) is 7.32. The number of nitrogen functional groups attached to an aromatic ring is 1. The van der Waals surface area contributed by atoms with Crippen molar-refractivity contribution in [2.75, 3.05) is 33.1 Å². The van der Waals surface area contributed by atoms with Crippen molar-refractivity contribution in [1.82, 2.24) is 4.90 Å². The number of amides is 1. The first kappa shape index (κ1) is 15.6. The van der Waals surface area contributed by atoms with Crippen molar-refractivity contribution in [3.63, 3.8) is 0 Å². The fourth-order valence-electron chi connectivity index (χ4n) is 2.60. The number of benzene rings is 1. The highest BCUT2D eigenvalue weighted by Gasteiger charge is 2.35. The van der Waals surface area contributed by atoms with Crippen LogP contribution in [0.1, 0.15) is 30.1 Å². The molecule has 2 rings (SSSR count). The molecule has 5 nitrogen and oxygen atoms in total. The third-order valence-electron chi connectivity index (χ3n) is 4.09. The first-order valence-electron chi connectivity index (χ1n) is 7.32. The Balaban J connectivity index is 2.28. The van der Waals surface area contributed by atoms with Crippen LogP contribution in [0.5, 0.6) is 5.75 Å². The van der Waals surface area contributed by atoms with Crippen molar-refractivity contribution in [3.05, 3.63) is 23.8 Å². The molecule has 1 atom stereocenters. The molecular weight excluding hydrogens is 268 g/mol. The summed E-state index contributed by atoms with van der Waals surface area (Å²) in [6, 6.07) is 5.47. The summed E-state index contributed by atoms with van der Waals surface area (Å²) in [5.41, 5.74) is 6.89. The Morgan fingerprint density at radius 2 is 2.14 bits per heavy atom. The maximum Gasteiger partial charge on any atom is 0.260 e. The van der Waals surface area contributed by atoms with Gasteiger partial charge >= 0.3 is 0 Å². The second-order valence-corrected chi connectivity index (χ2v) is 5.49. The average molecular weight is 292 g/mol. The molecule has 0 bridgehead atoms. The molecule has 2 N–H and O–H groups in total. The van der Waals surface area contributed by atoms with Gasteiger partial charge in [0, 0.05) is 25.4 Å². The summed E-state index contributed by atoms with van der Waals surface area (Å²) in [5, 5.41) is 0. The van der Waals surface area contributed by atoms with Crippen molar-refractivity contribution in [1.29, 1.82) is 0 Å². The van der Waals surface area contributed by atoms with Crippen LogP contribution in [0.3, 0.4) is 0 Å². The zero-order valence-electron chi connectivity index (χ0n) is 13.0. The van der Waals surface area contributed by atoms with Crippen molar-refractivity contribution in [3.8, 4) is 5.75 Å². The molecule has 1 amide bonds. The normalized spacial score (nSPS) is 15.6. The van der Waals surface area contributed by atoms with E-state index >= 15 is 0 Å². The number of hydrogen-bond donors (Lipinski definition) is 1. The number of carbonyl (C=O) groups is 1. The molecule has 1 aliphatic carbocycles. The van der Waals surface area contributed by atoms with Gasteiger partial charge < -0.3 is 20.1 Å². The van der Waals surface area contributed by atoms with E-state index in [1.54, 1.807) is 32.4 Å². The Hall–Kier alpha value is -1.75. The third-order valence-corrected chi connectivity index (χ3v) is 4.09. The van der Waals surface area contributed by atoms with E-state index in [2.05, 4.69) is 6.92 Å². The maximum absolute atomic E-state index is 12.9. The van der Waals surface area contributed by atoms with Crippen LogP contribution in [0.2, 0.25) is 0 Å². The second-order valence-electron chi connectivity index (χ2n) is 5.49. The summed E-state index contributed by atoms with van der Waals surface area (Å²) in [6.07, 6.45) is 2.36. The number of carbonyl (C=O) groups excluding carboxylic acids is 1. The third kappa shape index (κ3) is 3.47. The molecule has 21 heavy (non-hydrogen) atoms. The van der Waals surface area contributed by atoms with Crippen LogP contribution in [0.25, 0.3) is 0 Å². The fraction of sp³-hybridized carbons (Fsp3) is 0.562. The van der Waals surface area contributed by atoms with Gasteiger partial charge in [0.1, 0.15) is 11.3 Å². The Morgan fingerprint density at radius 1 is 1.43 bits per heavy atom. The van der Waals surface area contributed by atoms with Crippen LogP contribution < -0.4 is 10.5 Å². The quantitative estimate of drug-likeness (QED) is 0.782. The summed E-state index contributed by atoms with van der Waals surface area (Å²) in [7, 11) is 3.19. The summed E-state index contributed by atoms with van der Waals surface area (Å²) < 4.78 is 10.4. The van der Waals surface area contributed by atoms with Crippen molar-refractivity contribution < 1.29 is 14.3 Å². The van der Waals surface area contributed by atoms with Gasteiger partial charge in [-0.2, -0.15) is 0 Å². The molecule has 1 aliphatic rings. The Morgan fingerprint density at radius 3 is 2.71 bits per heavy atom. The maximum atomic E-state index is 12.9. The molecule has 5 heteroatoms. The van der Waals surface area contributed by atoms with Crippen LogP contribution in [0.4, 0.5) is 5.69 Å². The van der Waals surface area contributed by atoms with Crippen molar-refractivity contribution in [2.45, 2.75) is 25.8 Å². The van der Waals surface area contributed by atoms with Gasteiger partial charge in [0.15, 0.2) is 0 Å². The minimum atomic E-state index is -0.0820. The molecule has 1 fully saturated rings. The second kappa shape index (κ2) is 6.80. The molecule has 116 valence electrons. The number of methoxy groups -OCH3 is 2. The zero-order valence-corrected chi connectivity index (χ0v) is 13.0. The molecule has 0 heterocycles. The number of ether oxygens (including phenoxy) is 2. The average Bonchev–Trinajstić information content (AvgIpc) is 3.31. The lowest BCUT2D eigenvalue weighted by Gasteiger charge is -2.30. The van der Waals surface area contributed by atoms with Crippen molar-refractivity contribution >= 4 is 11.6 Å². The van der Waals surface area contributed by atoms with Crippen molar-refractivity contribution in [2.24, 2.45) is 5.92 Å². The fourth-order valence-corrected chi connectivity index (χ4v) is 2.60. The SMILES string of the molecule is COCCN(C(=O)c1c(N)cccc1OC)C(C)C1CC1. The lowest BCUT2D eigenvalue weighted by Crippen LogP contribution is -2.42. The zero-order chi connectivity index (χ0) is 15.4. The number of anilines is 1. The van der Waals surface area contributed by atoms with Gasteiger partial charge in [-0.05, 0) is 37.8 Å². The minimum Gasteiger partial charge on any atom is -0.496 e. The predicted octanol–water partition coefficient (Wildman–Crippen LogP) is 2.16. The molecule has 0 saturated heterocycles. The summed E-state index contributed by atoms with van der Waals surface area (Å²) >= 11 is 0. The number of rotatable bonds is 7. The van der Waals surface area contributed by atoms with Crippen LogP contribution in [-0.2, 0) is 4.74 Å². The molecular formula is C16H24N2O3. The molecule has 1 aromatic rings. The minimum absolute atomic E-state index is 0.0820. The summed E-state index contributed by atoms with van der Waals surface area (Å²) in [4.78, 5) is 14.8. The van der Waals surface area contributed by atoms with Gasteiger partial charge in [0.2, 0.25) is 0 Å². The van der Waals surface area contributed by atoms with Gasteiger partial charge in [-0.15, -0.1) is 0 Å². The molecule has 0 aliphatic heterocycles. The van der Waals surface area contributed by atoms with E-state index in [9.17, 15) is 4.79 Å². The van der Waals surface area contributed by atoms with E-state index in [4.69, 9.17) is 15.2 Å². The lowest BCUT2D eigenvalue weighted by molar-refractivity contribution is 0.0592. The van der Waals surface area contributed by atoms with E-state index < -0.39 is 0 Å². The predicted molar refractivity (Wildman–Crippen MR) is 82.5 cm³/mol. The highest BCUT2D eigenvalue weighted by Crippen LogP contribution is 2.36. The van der Waals surface area contributed by atoms with Crippen LogP contribution >= 0.6 is 0 Å². The molecule has 0 radical (unpaired) electrons.